The summed E-state index contributed by atoms with van der Waals surface area (Å²) in [6, 6.07) is 0. The van der Waals surface area contributed by atoms with E-state index < -0.39 is 0 Å². The van der Waals surface area contributed by atoms with Crippen molar-refractivity contribution in [3.05, 3.63) is 18.2 Å². The van der Waals surface area contributed by atoms with Crippen molar-refractivity contribution in [2.45, 2.75) is 25.0 Å². The zero-order chi connectivity index (χ0) is 11.0. The third-order valence-corrected chi connectivity index (χ3v) is 5.11. The molecule has 0 radical (unpaired) electrons. The smallest absolute Gasteiger partial charge is 0.122 e. The highest BCUT2D eigenvalue weighted by molar-refractivity contribution is 7.99. The fourth-order valence-electron chi connectivity index (χ4n) is 2.71. The van der Waals surface area contributed by atoms with E-state index in [0.717, 1.165) is 26.2 Å². The molecule has 1 aromatic heterocycles. The topological polar surface area (TPSA) is 47.1 Å². The van der Waals surface area contributed by atoms with E-state index in [9.17, 15) is 0 Å². The van der Waals surface area contributed by atoms with Crippen molar-refractivity contribution in [2.24, 2.45) is 5.73 Å². The summed E-state index contributed by atoms with van der Waals surface area (Å²) in [7, 11) is 0. The second kappa shape index (κ2) is 4.05. The van der Waals surface area contributed by atoms with Crippen LogP contribution in [0.4, 0.5) is 0 Å². The molecule has 1 unspecified atom stereocenters. The fraction of sp³-hybridized carbons (Fsp3) is 0.727. The highest BCUT2D eigenvalue weighted by atomic mass is 32.2. The Morgan fingerprint density at radius 1 is 1.50 bits per heavy atom. The lowest BCUT2D eigenvalue weighted by Crippen LogP contribution is -2.56. The first-order chi connectivity index (χ1) is 7.84. The first-order valence-electron chi connectivity index (χ1n) is 5.87. The van der Waals surface area contributed by atoms with E-state index >= 15 is 0 Å². The van der Waals surface area contributed by atoms with E-state index in [4.69, 9.17) is 5.73 Å². The van der Waals surface area contributed by atoms with Gasteiger partial charge in [0.1, 0.15) is 5.82 Å². The molecular weight excluding hydrogens is 220 g/mol. The van der Waals surface area contributed by atoms with Gasteiger partial charge in [-0.15, -0.1) is 0 Å². The summed E-state index contributed by atoms with van der Waals surface area (Å²) in [6.07, 6.45) is 5.21. The minimum Gasteiger partial charge on any atom is -0.333 e. The maximum absolute atomic E-state index is 6.01. The van der Waals surface area contributed by atoms with Crippen molar-refractivity contribution in [2.75, 3.05) is 24.6 Å². The Bertz CT molecular complexity index is 370. The summed E-state index contributed by atoms with van der Waals surface area (Å²) >= 11 is 2.03. The summed E-state index contributed by atoms with van der Waals surface area (Å²) in [5, 5.41) is 0. The second-order valence-electron chi connectivity index (χ2n) is 4.69. The molecule has 0 amide bonds. The van der Waals surface area contributed by atoms with Gasteiger partial charge in [-0.05, 0) is 12.2 Å². The third kappa shape index (κ3) is 1.58. The van der Waals surface area contributed by atoms with Crippen molar-refractivity contribution >= 4 is 11.8 Å². The minimum absolute atomic E-state index is 0.238. The van der Waals surface area contributed by atoms with Gasteiger partial charge < -0.3 is 10.3 Å². The predicted molar refractivity (Wildman–Crippen MR) is 66.4 cm³/mol. The highest BCUT2D eigenvalue weighted by Crippen LogP contribution is 2.34. The normalized spacial score (nSPS) is 30.6. The van der Waals surface area contributed by atoms with Gasteiger partial charge in [-0.1, -0.05) is 0 Å². The summed E-state index contributed by atoms with van der Waals surface area (Å²) in [4.78, 5) is 6.97. The average Bonchev–Trinajstić information content (AvgIpc) is 2.97. The van der Waals surface area contributed by atoms with Gasteiger partial charge >= 0.3 is 0 Å². The maximum Gasteiger partial charge on any atom is 0.122 e. The van der Waals surface area contributed by atoms with Crippen molar-refractivity contribution in [1.82, 2.24) is 14.5 Å². The van der Waals surface area contributed by atoms with Crippen LogP contribution in [-0.4, -0.2) is 44.6 Å². The quantitative estimate of drug-likeness (QED) is 0.816. The molecule has 1 saturated heterocycles. The molecule has 16 heavy (non-hydrogen) atoms. The molecule has 88 valence electrons. The first kappa shape index (κ1) is 10.6. The standard InChI is InChI=1S/C11H18N4S/c12-8-11(1-6-16-9-11)15-5-4-14-3-2-13-10(14)7-15/h2-3H,1,4-9,12H2. The van der Waals surface area contributed by atoms with Gasteiger partial charge in [0, 0.05) is 43.3 Å². The van der Waals surface area contributed by atoms with Gasteiger partial charge in [0.2, 0.25) is 0 Å². The SMILES string of the molecule is NCC1(N2CCn3ccnc3C2)CCSC1. The molecule has 2 aliphatic heterocycles. The molecule has 1 aromatic rings. The van der Waals surface area contributed by atoms with E-state index in [-0.39, 0.29) is 5.54 Å². The van der Waals surface area contributed by atoms with Gasteiger partial charge in [0.15, 0.2) is 0 Å². The third-order valence-electron chi connectivity index (χ3n) is 3.88. The van der Waals surface area contributed by atoms with Crippen LogP contribution in [0.3, 0.4) is 0 Å². The molecule has 0 spiro atoms. The van der Waals surface area contributed by atoms with E-state index in [1.54, 1.807) is 0 Å². The molecule has 3 heterocycles. The van der Waals surface area contributed by atoms with E-state index in [2.05, 4.69) is 20.6 Å². The number of fused-ring (bicyclic) bond motifs is 1. The Balaban J connectivity index is 1.82. The molecule has 2 N–H and O–H groups in total. The van der Waals surface area contributed by atoms with Crippen LogP contribution in [0, 0.1) is 0 Å². The van der Waals surface area contributed by atoms with Crippen LogP contribution in [0.1, 0.15) is 12.2 Å². The van der Waals surface area contributed by atoms with Crippen molar-refractivity contribution in [1.29, 1.82) is 0 Å². The molecular formula is C11H18N4S. The largest absolute Gasteiger partial charge is 0.333 e. The van der Waals surface area contributed by atoms with E-state index in [0.29, 0.717) is 0 Å². The molecule has 0 bridgehead atoms. The van der Waals surface area contributed by atoms with E-state index in [1.807, 2.05) is 18.0 Å². The first-order valence-corrected chi connectivity index (χ1v) is 7.02. The molecule has 0 aromatic carbocycles. The fourth-order valence-corrected chi connectivity index (χ4v) is 4.21. The highest BCUT2D eigenvalue weighted by Gasteiger charge is 2.40. The number of nitrogens with zero attached hydrogens (tertiary/aromatic N) is 3. The predicted octanol–water partition coefficient (Wildman–Crippen LogP) is 0.533. The summed E-state index contributed by atoms with van der Waals surface area (Å²) in [5.41, 5.74) is 6.25. The van der Waals surface area contributed by atoms with Crippen molar-refractivity contribution in [3.63, 3.8) is 0 Å². The molecule has 0 aliphatic carbocycles. The van der Waals surface area contributed by atoms with Crippen LogP contribution in [0.2, 0.25) is 0 Å². The number of rotatable bonds is 2. The van der Waals surface area contributed by atoms with Crippen LogP contribution >= 0.6 is 11.8 Å². The van der Waals surface area contributed by atoms with Crippen LogP contribution < -0.4 is 5.73 Å². The maximum atomic E-state index is 6.01. The Kier molecular flexibility index (Phi) is 2.69. The average molecular weight is 238 g/mol. The summed E-state index contributed by atoms with van der Waals surface area (Å²) < 4.78 is 2.25. The molecule has 1 atom stereocenters. The van der Waals surface area contributed by atoms with Crippen LogP contribution in [0.5, 0.6) is 0 Å². The number of hydrogen-bond donors (Lipinski definition) is 1. The van der Waals surface area contributed by atoms with Crippen molar-refractivity contribution in [3.8, 4) is 0 Å². The lowest BCUT2D eigenvalue weighted by molar-refractivity contribution is 0.0830. The number of aromatic nitrogens is 2. The van der Waals surface area contributed by atoms with E-state index in [1.165, 1.54) is 23.8 Å². The summed E-state index contributed by atoms with van der Waals surface area (Å²) in [6.45, 7) is 3.91. The second-order valence-corrected chi connectivity index (χ2v) is 5.79. The zero-order valence-corrected chi connectivity index (χ0v) is 10.2. The number of thioether (sulfide) groups is 1. The molecule has 5 heteroatoms. The molecule has 3 rings (SSSR count). The zero-order valence-electron chi connectivity index (χ0n) is 9.43. The van der Waals surface area contributed by atoms with Gasteiger partial charge in [-0.2, -0.15) is 11.8 Å². The molecule has 0 saturated carbocycles. The Morgan fingerprint density at radius 3 is 3.19 bits per heavy atom. The lowest BCUT2D eigenvalue weighted by Gasteiger charge is -2.42. The number of imidazole rings is 1. The van der Waals surface area contributed by atoms with Gasteiger partial charge in [0.05, 0.1) is 6.54 Å². The molecule has 4 nitrogen and oxygen atoms in total. The number of hydrogen-bond acceptors (Lipinski definition) is 4. The monoisotopic (exact) mass is 238 g/mol. The van der Waals surface area contributed by atoms with Gasteiger partial charge in [0.25, 0.3) is 0 Å². The van der Waals surface area contributed by atoms with Gasteiger partial charge in [-0.25, -0.2) is 4.98 Å². The Labute approximate surface area is 100 Å². The van der Waals surface area contributed by atoms with Crippen LogP contribution in [0.25, 0.3) is 0 Å². The van der Waals surface area contributed by atoms with Crippen LogP contribution in [0.15, 0.2) is 12.4 Å². The number of nitrogens with two attached hydrogens (primary N) is 1. The molecule has 2 aliphatic rings. The minimum atomic E-state index is 0.238. The lowest BCUT2D eigenvalue weighted by atomic mass is 9.96. The molecule has 1 fully saturated rings. The van der Waals surface area contributed by atoms with Crippen LogP contribution in [-0.2, 0) is 13.1 Å². The Hall–Kier alpha value is -0.520. The van der Waals surface area contributed by atoms with Crippen molar-refractivity contribution < 1.29 is 0 Å². The van der Waals surface area contributed by atoms with Gasteiger partial charge in [-0.3, -0.25) is 4.90 Å². The Morgan fingerprint density at radius 2 is 2.44 bits per heavy atom. The summed E-state index contributed by atoms with van der Waals surface area (Å²) in [5.74, 6) is 3.63.